The summed E-state index contributed by atoms with van der Waals surface area (Å²) in [6.07, 6.45) is 1.16. The second kappa shape index (κ2) is 7.09. The van der Waals surface area contributed by atoms with Crippen molar-refractivity contribution in [2.24, 2.45) is 0 Å². The number of methoxy groups -OCH3 is 1. The minimum absolute atomic E-state index is 0.0120. The molecule has 0 radical (unpaired) electrons. The predicted octanol–water partition coefficient (Wildman–Crippen LogP) is 1.14. The first-order valence-corrected chi connectivity index (χ1v) is 6.29. The van der Waals surface area contributed by atoms with Gasteiger partial charge >= 0.3 is 6.08 Å². The van der Waals surface area contributed by atoms with E-state index < -0.39 is 11.7 Å². The van der Waals surface area contributed by atoms with E-state index in [1.54, 1.807) is 11.5 Å². The molecule has 2 aromatic rings. The molecule has 0 aliphatic rings. The largest absolute Gasteiger partial charge is 0.393 e. The van der Waals surface area contributed by atoms with Crippen LogP contribution in [-0.2, 0) is 11.3 Å². The Morgan fingerprint density at radius 3 is 2.71 bits per heavy atom. The third kappa shape index (κ3) is 3.73. The molecule has 3 N–H and O–H groups in total. The molecule has 21 heavy (non-hydrogen) atoms. The molecular weight excluding hydrogens is 277 g/mol. The number of anilines is 1. The number of rotatable bonds is 5. The quantitative estimate of drug-likeness (QED) is 0.634. The molecule has 116 valence electrons. The van der Waals surface area contributed by atoms with Crippen LogP contribution in [0.1, 0.15) is 13.3 Å². The maximum absolute atomic E-state index is 13.2. The summed E-state index contributed by atoms with van der Waals surface area (Å²) in [5, 5.41) is 9.26. The second-order valence-electron chi connectivity index (χ2n) is 4.55. The van der Waals surface area contributed by atoms with Gasteiger partial charge in [-0.1, -0.05) is 0 Å². The van der Waals surface area contributed by atoms with E-state index in [1.807, 2.05) is 0 Å². The molecule has 0 aromatic carbocycles. The lowest BCUT2D eigenvalue weighted by Crippen LogP contribution is -2.33. The topological polar surface area (TPSA) is 99.1 Å². The highest BCUT2D eigenvalue weighted by Gasteiger charge is 2.23. The minimum Gasteiger partial charge on any atom is -0.393 e. The molecule has 7 nitrogen and oxygen atoms in total. The SMILES string of the molecule is C=C.CO[C@](C)(CO)CCn1cnc2c(N)nc(F)nc21. The van der Waals surface area contributed by atoms with Gasteiger partial charge in [0, 0.05) is 13.7 Å². The molecule has 0 unspecified atom stereocenters. The Bertz CT molecular complexity index is 598. The summed E-state index contributed by atoms with van der Waals surface area (Å²) >= 11 is 0. The van der Waals surface area contributed by atoms with E-state index in [0.29, 0.717) is 24.1 Å². The van der Waals surface area contributed by atoms with Crippen molar-refractivity contribution in [1.29, 1.82) is 0 Å². The Hall–Kier alpha value is -2.06. The summed E-state index contributed by atoms with van der Waals surface area (Å²) in [7, 11) is 1.53. The van der Waals surface area contributed by atoms with E-state index in [4.69, 9.17) is 10.5 Å². The Morgan fingerprint density at radius 2 is 2.14 bits per heavy atom. The standard InChI is InChI=1S/C11H16FN5O2.C2H4/c1-11(5-18,19-2)3-4-17-6-14-7-8(13)15-10(12)16-9(7)17;1-2/h6,18H,3-5H2,1-2H3,(H2,13,15,16);1-2H2/t11-;/m0./s1. The van der Waals surface area contributed by atoms with Crippen molar-refractivity contribution < 1.29 is 14.2 Å². The number of aryl methyl sites for hydroxylation is 1. The van der Waals surface area contributed by atoms with Gasteiger partial charge < -0.3 is 20.1 Å². The Labute approximate surface area is 122 Å². The first-order chi connectivity index (χ1) is 9.99. The molecule has 0 spiro atoms. The summed E-state index contributed by atoms with van der Waals surface area (Å²) in [4.78, 5) is 11.2. The van der Waals surface area contributed by atoms with Gasteiger partial charge in [0.2, 0.25) is 0 Å². The smallest absolute Gasteiger partial charge is 0.312 e. The van der Waals surface area contributed by atoms with E-state index >= 15 is 0 Å². The summed E-state index contributed by atoms with van der Waals surface area (Å²) in [6, 6.07) is 0. The molecule has 0 aliphatic carbocycles. The molecule has 2 aromatic heterocycles. The highest BCUT2D eigenvalue weighted by molar-refractivity contribution is 5.81. The number of nitrogen functional groups attached to an aromatic ring is 1. The van der Waals surface area contributed by atoms with Gasteiger partial charge in [-0.05, 0) is 13.3 Å². The summed E-state index contributed by atoms with van der Waals surface area (Å²) in [5.74, 6) is 0.0120. The van der Waals surface area contributed by atoms with Crippen LogP contribution >= 0.6 is 0 Å². The number of halogens is 1. The third-order valence-corrected chi connectivity index (χ3v) is 3.17. The molecule has 8 heteroatoms. The van der Waals surface area contributed by atoms with Crippen molar-refractivity contribution in [3.63, 3.8) is 0 Å². The first-order valence-electron chi connectivity index (χ1n) is 6.29. The number of aliphatic hydroxyl groups is 1. The number of ether oxygens (including phenoxy) is 1. The van der Waals surface area contributed by atoms with E-state index in [2.05, 4.69) is 28.1 Å². The first kappa shape index (κ1) is 17.0. The number of aromatic nitrogens is 4. The Morgan fingerprint density at radius 1 is 1.48 bits per heavy atom. The van der Waals surface area contributed by atoms with Crippen LogP contribution in [0.2, 0.25) is 0 Å². The van der Waals surface area contributed by atoms with Gasteiger partial charge in [0.1, 0.15) is 5.52 Å². The van der Waals surface area contributed by atoms with E-state index in [-0.39, 0.29) is 12.4 Å². The van der Waals surface area contributed by atoms with Crippen LogP contribution in [0.25, 0.3) is 11.2 Å². The van der Waals surface area contributed by atoms with Crippen LogP contribution in [0, 0.1) is 6.08 Å². The zero-order valence-corrected chi connectivity index (χ0v) is 12.2. The molecule has 0 fully saturated rings. The zero-order chi connectivity index (χ0) is 16.0. The van der Waals surface area contributed by atoms with Crippen molar-refractivity contribution in [2.75, 3.05) is 19.5 Å². The Balaban J connectivity index is 0.00000106. The molecule has 0 saturated carbocycles. The van der Waals surface area contributed by atoms with Crippen LogP contribution < -0.4 is 5.73 Å². The van der Waals surface area contributed by atoms with Crippen LogP contribution in [0.5, 0.6) is 0 Å². The van der Waals surface area contributed by atoms with Crippen molar-refractivity contribution >= 4 is 17.0 Å². The molecule has 2 rings (SSSR count). The number of imidazole rings is 1. The highest BCUT2D eigenvalue weighted by atomic mass is 19.1. The van der Waals surface area contributed by atoms with Crippen molar-refractivity contribution in [3.8, 4) is 0 Å². The van der Waals surface area contributed by atoms with E-state index in [9.17, 15) is 9.50 Å². The Kier molecular flexibility index (Phi) is 5.74. The van der Waals surface area contributed by atoms with Gasteiger partial charge in [-0.15, -0.1) is 13.2 Å². The van der Waals surface area contributed by atoms with Crippen molar-refractivity contribution in [1.82, 2.24) is 19.5 Å². The lowest BCUT2D eigenvalue weighted by Gasteiger charge is -2.25. The average Bonchev–Trinajstić information content (AvgIpc) is 2.90. The molecule has 2 heterocycles. The molecule has 1 atom stereocenters. The van der Waals surface area contributed by atoms with Crippen LogP contribution in [0.15, 0.2) is 19.5 Å². The summed E-state index contributed by atoms with van der Waals surface area (Å²) in [6.45, 7) is 8.15. The summed E-state index contributed by atoms with van der Waals surface area (Å²) < 4.78 is 20.0. The molecule has 0 amide bonds. The highest BCUT2D eigenvalue weighted by Crippen LogP contribution is 2.19. The lowest BCUT2D eigenvalue weighted by molar-refractivity contribution is -0.0456. The van der Waals surface area contributed by atoms with Crippen molar-refractivity contribution in [3.05, 3.63) is 25.6 Å². The monoisotopic (exact) mass is 297 g/mol. The van der Waals surface area contributed by atoms with Crippen LogP contribution in [-0.4, -0.2) is 43.9 Å². The molecule has 0 bridgehead atoms. The van der Waals surface area contributed by atoms with E-state index in [1.165, 1.54) is 13.4 Å². The third-order valence-electron chi connectivity index (χ3n) is 3.17. The second-order valence-corrected chi connectivity index (χ2v) is 4.55. The van der Waals surface area contributed by atoms with Gasteiger partial charge in [-0.3, -0.25) is 0 Å². The van der Waals surface area contributed by atoms with Crippen LogP contribution in [0.4, 0.5) is 10.2 Å². The number of aliphatic hydroxyl groups excluding tert-OH is 1. The zero-order valence-electron chi connectivity index (χ0n) is 12.2. The van der Waals surface area contributed by atoms with Crippen molar-refractivity contribution in [2.45, 2.75) is 25.5 Å². The molecular formula is C13H20FN5O2. The molecule has 0 saturated heterocycles. The van der Waals surface area contributed by atoms with Gasteiger partial charge in [-0.25, -0.2) is 4.98 Å². The normalized spacial score (nSPS) is 13.5. The fourth-order valence-electron chi connectivity index (χ4n) is 1.70. The average molecular weight is 297 g/mol. The number of nitrogens with two attached hydrogens (primary N) is 1. The molecule has 0 aliphatic heterocycles. The maximum Gasteiger partial charge on any atom is 0.312 e. The number of hydrogen-bond acceptors (Lipinski definition) is 6. The lowest BCUT2D eigenvalue weighted by atomic mass is 10.0. The van der Waals surface area contributed by atoms with Crippen LogP contribution in [0.3, 0.4) is 0 Å². The number of hydrogen-bond donors (Lipinski definition) is 2. The minimum atomic E-state index is -0.886. The fourth-order valence-corrected chi connectivity index (χ4v) is 1.70. The van der Waals surface area contributed by atoms with E-state index in [0.717, 1.165) is 0 Å². The van der Waals surface area contributed by atoms with Gasteiger partial charge in [0.25, 0.3) is 0 Å². The summed E-state index contributed by atoms with van der Waals surface area (Å²) in [5.41, 5.74) is 5.61. The fraction of sp³-hybridized carbons (Fsp3) is 0.462. The number of nitrogens with zero attached hydrogens (tertiary/aromatic N) is 4. The van der Waals surface area contributed by atoms with Gasteiger partial charge in [-0.2, -0.15) is 14.4 Å². The predicted molar refractivity (Wildman–Crippen MR) is 78.1 cm³/mol. The maximum atomic E-state index is 13.2. The number of fused-ring (bicyclic) bond motifs is 1. The van der Waals surface area contributed by atoms with Gasteiger partial charge in [0.05, 0.1) is 18.5 Å². The van der Waals surface area contributed by atoms with Gasteiger partial charge in [0.15, 0.2) is 11.5 Å².